The molecule has 1 N–H and O–H groups in total. The maximum atomic E-state index is 11.3. The van der Waals surface area contributed by atoms with Gasteiger partial charge in [0.2, 0.25) is 5.91 Å². The minimum atomic E-state index is -0.0961. The summed E-state index contributed by atoms with van der Waals surface area (Å²) in [5, 5.41) is 3.68. The highest BCUT2D eigenvalue weighted by atomic mass is 32.2. The van der Waals surface area contributed by atoms with Gasteiger partial charge in [0.25, 0.3) is 0 Å². The third-order valence-electron chi connectivity index (χ3n) is 4.93. The lowest BCUT2D eigenvalue weighted by molar-refractivity contribution is -0.114. The summed E-state index contributed by atoms with van der Waals surface area (Å²) in [7, 11) is 3.33. The monoisotopic (exact) mass is 463 g/mol. The van der Waals surface area contributed by atoms with Crippen LogP contribution in [0.5, 0.6) is 11.5 Å². The van der Waals surface area contributed by atoms with Gasteiger partial charge in [-0.2, -0.15) is 0 Å². The van der Waals surface area contributed by atoms with Crippen LogP contribution in [0, 0.1) is 0 Å². The molecule has 0 heterocycles. The Labute approximate surface area is 199 Å². The van der Waals surface area contributed by atoms with Crippen molar-refractivity contribution in [3.05, 3.63) is 83.9 Å². The first-order valence-corrected chi connectivity index (χ1v) is 11.7. The molecule has 0 aliphatic rings. The van der Waals surface area contributed by atoms with Gasteiger partial charge in [0.15, 0.2) is 5.17 Å². The Bertz CT molecular complexity index is 1020. The van der Waals surface area contributed by atoms with Gasteiger partial charge in [-0.15, -0.1) is 0 Å². The van der Waals surface area contributed by atoms with E-state index in [1.54, 1.807) is 26.0 Å². The van der Waals surface area contributed by atoms with Crippen LogP contribution in [0.4, 0.5) is 11.4 Å². The fourth-order valence-electron chi connectivity index (χ4n) is 3.27. The Balaban J connectivity index is 1.88. The zero-order valence-corrected chi connectivity index (χ0v) is 20.2. The molecule has 7 heteroatoms. The van der Waals surface area contributed by atoms with Gasteiger partial charge in [-0.05, 0) is 65.9 Å². The van der Waals surface area contributed by atoms with Crippen molar-refractivity contribution in [1.82, 2.24) is 4.90 Å². The minimum Gasteiger partial charge on any atom is -0.497 e. The van der Waals surface area contributed by atoms with Gasteiger partial charge in [-0.1, -0.05) is 36.0 Å². The molecule has 6 nitrogen and oxygen atoms in total. The average Bonchev–Trinajstić information content (AvgIpc) is 2.84. The minimum absolute atomic E-state index is 0.0961. The maximum absolute atomic E-state index is 11.3. The predicted octanol–water partition coefficient (Wildman–Crippen LogP) is 5.72. The van der Waals surface area contributed by atoms with Crippen LogP contribution in [0.1, 0.15) is 18.1 Å². The summed E-state index contributed by atoms with van der Waals surface area (Å²) in [5.74, 6) is 1.57. The molecule has 1 amide bonds. The zero-order valence-electron chi connectivity index (χ0n) is 19.4. The van der Waals surface area contributed by atoms with Crippen LogP contribution < -0.4 is 14.8 Å². The number of rotatable bonds is 8. The SMILES string of the molecule is COc1ccc(CN(Cc2ccc(OC)cc2)C(=Nc2ccc(NC(C)=O)cc2)SC)cc1. The molecule has 3 aromatic carbocycles. The van der Waals surface area contributed by atoms with Gasteiger partial charge in [-0.3, -0.25) is 4.79 Å². The fraction of sp³-hybridized carbons (Fsp3) is 0.231. The van der Waals surface area contributed by atoms with Crippen LogP contribution in [0.25, 0.3) is 0 Å². The summed E-state index contributed by atoms with van der Waals surface area (Å²) in [4.78, 5) is 18.4. The van der Waals surface area contributed by atoms with Gasteiger partial charge in [-0.25, -0.2) is 4.99 Å². The fourth-order valence-corrected chi connectivity index (χ4v) is 3.86. The topological polar surface area (TPSA) is 63.2 Å². The number of carbonyl (C=O) groups excluding carboxylic acids is 1. The van der Waals surface area contributed by atoms with Crippen molar-refractivity contribution < 1.29 is 14.3 Å². The molecular formula is C26H29N3O3S. The number of ether oxygens (including phenoxy) is 2. The first-order chi connectivity index (χ1) is 16.0. The van der Waals surface area contributed by atoms with E-state index >= 15 is 0 Å². The molecule has 0 radical (unpaired) electrons. The van der Waals surface area contributed by atoms with Crippen LogP contribution in [-0.4, -0.2) is 36.5 Å². The van der Waals surface area contributed by atoms with Crippen molar-refractivity contribution in [1.29, 1.82) is 0 Å². The lowest BCUT2D eigenvalue weighted by Gasteiger charge is -2.26. The number of nitrogens with one attached hydrogen (secondary N) is 1. The highest BCUT2D eigenvalue weighted by Gasteiger charge is 2.13. The van der Waals surface area contributed by atoms with E-state index in [1.807, 2.05) is 54.8 Å². The number of thioether (sulfide) groups is 1. The van der Waals surface area contributed by atoms with E-state index in [9.17, 15) is 4.79 Å². The normalized spacial score (nSPS) is 11.1. The largest absolute Gasteiger partial charge is 0.497 e. The third kappa shape index (κ3) is 7.29. The Morgan fingerprint density at radius 1 is 0.848 bits per heavy atom. The number of hydrogen-bond acceptors (Lipinski definition) is 5. The Morgan fingerprint density at radius 3 is 1.73 bits per heavy atom. The van der Waals surface area contributed by atoms with Crippen LogP contribution in [0.3, 0.4) is 0 Å². The van der Waals surface area contributed by atoms with E-state index < -0.39 is 0 Å². The Hall–Kier alpha value is -3.45. The summed E-state index contributed by atoms with van der Waals surface area (Å²) in [6.07, 6.45) is 2.03. The molecule has 0 saturated carbocycles. The number of carbonyl (C=O) groups is 1. The van der Waals surface area contributed by atoms with Crippen molar-refractivity contribution in [3.8, 4) is 11.5 Å². The number of amidine groups is 1. The summed E-state index contributed by atoms with van der Waals surface area (Å²) in [6, 6.07) is 23.7. The second-order valence-corrected chi connectivity index (χ2v) is 8.15. The number of amides is 1. The molecule has 0 aliphatic heterocycles. The predicted molar refractivity (Wildman–Crippen MR) is 137 cm³/mol. The summed E-state index contributed by atoms with van der Waals surface area (Å²) < 4.78 is 10.6. The molecule has 0 aliphatic carbocycles. The van der Waals surface area contributed by atoms with Gasteiger partial charge < -0.3 is 19.7 Å². The van der Waals surface area contributed by atoms with Gasteiger partial charge in [0.1, 0.15) is 11.5 Å². The molecule has 0 saturated heterocycles. The second-order valence-electron chi connectivity index (χ2n) is 7.38. The molecule has 33 heavy (non-hydrogen) atoms. The van der Waals surface area contributed by atoms with E-state index in [0.29, 0.717) is 13.1 Å². The van der Waals surface area contributed by atoms with Crippen molar-refractivity contribution in [2.75, 3.05) is 25.8 Å². The van der Waals surface area contributed by atoms with Crippen molar-refractivity contribution >= 4 is 34.2 Å². The number of hydrogen-bond donors (Lipinski definition) is 1. The summed E-state index contributed by atoms with van der Waals surface area (Å²) >= 11 is 1.60. The molecule has 172 valence electrons. The summed E-state index contributed by atoms with van der Waals surface area (Å²) in [6.45, 7) is 2.88. The average molecular weight is 464 g/mol. The van der Waals surface area contributed by atoms with Crippen LogP contribution in [0.15, 0.2) is 77.8 Å². The van der Waals surface area contributed by atoms with Gasteiger partial charge in [0.05, 0.1) is 19.9 Å². The zero-order chi connectivity index (χ0) is 23.6. The lowest BCUT2D eigenvalue weighted by atomic mass is 10.1. The van der Waals surface area contributed by atoms with Crippen molar-refractivity contribution in [2.24, 2.45) is 4.99 Å². The molecule has 0 unspecified atom stereocenters. The van der Waals surface area contributed by atoms with Crippen LogP contribution in [0.2, 0.25) is 0 Å². The quantitative estimate of drug-likeness (QED) is 0.342. The standard InChI is InChI=1S/C26H29N3O3S/c1-19(30)27-22-9-11-23(12-10-22)28-26(33-4)29(17-20-5-13-24(31-2)14-6-20)18-21-7-15-25(32-3)16-8-21/h5-16H,17-18H2,1-4H3,(H,27,30). The number of methoxy groups -OCH3 is 2. The first kappa shape index (κ1) is 24.2. The molecular weight excluding hydrogens is 434 g/mol. The number of benzene rings is 3. The Kier molecular flexibility index (Phi) is 8.78. The van der Waals surface area contributed by atoms with E-state index in [0.717, 1.165) is 39.2 Å². The van der Waals surface area contributed by atoms with Crippen molar-refractivity contribution in [2.45, 2.75) is 20.0 Å². The van der Waals surface area contributed by atoms with Gasteiger partial charge in [0, 0.05) is 25.7 Å². The van der Waals surface area contributed by atoms with Crippen molar-refractivity contribution in [3.63, 3.8) is 0 Å². The molecule has 0 bridgehead atoms. The molecule has 0 spiro atoms. The molecule has 3 rings (SSSR count). The number of aliphatic imine (C=N–C) groups is 1. The molecule has 3 aromatic rings. The maximum Gasteiger partial charge on any atom is 0.221 e. The van der Waals surface area contributed by atoms with E-state index in [1.165, 1.54) is 6.92 Å². The highest BCUT2D eigenvalue weighted by molar-refractivity contribution is 8.13. The van der Waals surface area contributed by atoms with E-state index in [4.69, 9.17) is 14.5 Å². The smallest absolute Gasteiger partial charge is 0.221 e. The third-order valence-corrected chi connectivity index (χ3v) is 5.65. The van der Waals surface area contributed by atoms with E-state index in [-0.39, 0.29) is 5.91 Å². The lowest BCUT2D eigenvalue weighted by Crippen LogP contribution is -2.27. The van der Waals surface area contributed by atoms with Gasteiger partial charge >= 0.3 is 0 Å². The first-order valence-electron chi connectivity index (χ1n) is 10.5. The molecule has 0 aromatic heterocycles. The highest BCUT2D eigenvalue weighted by Crippen LogP contribution is 2.23. The summed E-state index contributed by atoms with van der Waals surface area (Å²) in [5.41, 5.74) is 3.89. The van der Waals surface area contributed by atoms with E-state index in [2.05, 4.69) is 34.5 Å². The molecule has 0 atom stereocenters. The second kappa shape index (κ2) is 12.0. The number of nitrogens with zero attached hydrogens (tertiary/aromatic N) is 2. The number of anilines is 1. The van der Waals surface area contributed by atoms with Crippen LogP contribution >= 0.6 is 11.8 Å². The Morgan fingerprint density at radius 2 is 1.33 bits per heavy atom. The molecule has 0 fully saturated rings. The van der Waals surface area contributed by atoms with Crippen LogP contribution in [-0.2, 0) is 17.9 Å².